The standard InChI is InChI=1S/C26H30N2O4S2/c1-3-32-25-16-10-9-15-24(25)28(34(30,31)23-13-5-4-6-14-23)19-26(29)27-17-18-33-20-22-12-8-7-11-21(22)2/h4-16H,3,17-20H2,1-2H3,(H,27,29). The molecule has 180 valence electrons. The van der Waals surface area contributed by atoms with Crippen molar-refractivity contribution < 1.29 is 17.9 Å². The SMILES string of the molecule is CCOc1ccccc1N(CC(=O)NCCSCc1ccccc1C)S(=O)(=O)c1ccccc1. The number of nitrogens with one attached hydrogen (secondary N) is 1. The van der Waals surface area contributed by atoms with Crippen LogP contribution in [0.25, 0.3) is 0 Å². The fourth-order valence-electron chi connectivity index (χ4n) is 3.36. The summed E-state index contributed by atoms with van der Waals surface area (Å²) in [6, 6.07) is 23.2. The summed E-state index contributed by atoms with van der Waals surface area (Å²) in [7, 11) is -3.98. The average molecular weight is 499 g/mol. The minimum absolute atomic E-state index is 0.114. The molecule has 0 radical (unpaired) electrons. The second-order valence-electron chi connectivity index (χ2n) is 7.55. The Hall–Kier alpha value is -2.97. The van der Waals surface area contributed by atoms with E-state index >= 15 is 0 Å². The molecule has 3 rings (SSSR count). The predicted molar refractivity (Wildman–Crippen MR) is 139 cm³/mol. The van der Waals surface area contributed by atoms with Gasteiger partial charge in [-0.15, -0.1) is 0 Å². The molecule has 0 aliphatic heterocycles. The Balaban J connectivity index is 1.69. The van der Waals surface area contributed by atoms with E-state index in [4.69, 9.17) is 4.74 Å². The average Bonchev–Trinajstić information content (AvgIpc) is 2.84. The van der Waals surface area contributed by atoms with Gasteiger partial charge in [-0.2, -0.15) is 11.8 Å². The fraction of sp³-hybridized carbons (Fsp3) is 0.269. The highest BCUT2D eigenvalue weighted by molar-refractivity contribution is 7.98. The van der Waals surface area contributed by atoms with Crippen LogP contribution in [-0.2, 0) is 20.6 Å². The lowest BCUT2D eigenvalue weighted by Gasteiger charge is -2.26. The smallest absolute Gasteiger partial charge is 0.264 e. The molecular weight excluding hydrogens is 468 g/mol. The maximum atomic E-state index is 13.5. The normalized spacial score (nSPS) is 11.1. The van der Waals surface area contributed by atoms with Crippen LogP contribution in [0.4, 0.5) is 5.69 Å². The largest absolute Gasteiger partial charge is 0.492 e. The summed E-state index contributed by atoms with van der Waals surface area (Å²) in [6.07, 6.45) is 0. The van der Waals surface area contributed by atoms with Crippen molar-refractivity contribution in [3.8, 4) is 5.75 Å². The molecule has 6 nitrogen and oxygen atoms in total. The highest BCUT2D eigenvalue weighted by Crippen LogP contribution is 2.32. The zero-order valence-electron chi connectivity index (χ0n) is 19.4. The van der Waals surface area contributed by atoms with Gasteiger partial charge in [0.05, 0.1) is 17.2 Å². The monoisotopic (exact) mass is 498 g/mol. The van der Waals surface area contributed by atoms with Crippen LogP contribution in [0.2, 0.25) is 0 Å². The predicted octanol–water partition coefficient (Wildman–Crippen LogP) is 4.64. The van der Waals surface area contributed by atoms with E-state index in [1.807, 2.05) is 19.1 Å². The molecule has 0 aliphatic rings. The number of aryl methyl sites for hydroxylation is 1. The highest BCUT2D eigenvalue weighted by Gasteiger charge is 2.29. The molecule has 0 unspecified atom stereocenters. The second-order valence-corrected chi connectivity index (χ2v) is 10.5. The van der Waals surface area contributed by atoms with E-state index in [9.17, 15) is 13.2 Å². The Bertz CT molecular complexity index is 1180. The minimum Gasteiger partial charge on any atom is -0.492 e. The van der Waals surface area contributed by atoms with Crippen LogP contribution in [0, 0.1) is 6.92 Å². The molecule has 0 atom stereocenters. The highest BCUT2D eigenvalue weighted by atomic mass is 32.2. The molecule has 0 fully saturated rings. The number of amides is 1. The van der Waals surface area contributed by atoms with Crippen LogP contribution < -0.4 is 14.4 Å². The van der Waals surface area contributed by atoms with Gasteiger partial charge in [-0.05, 0) is 49.2 Å². The molecule has 0 aliphatic carbocycles. The summed E-state index contributed by atoms with van der Waals surface area (Å²) < 4.78 is 33.7. The molecule has 1 N–H and O–H groups in total. The number of carbonyl (C=O) groups excluding carboxylic acids is 1. The topological polar surface area (TPSA) is 75.7 Å². The van der Waals surface area contributed by atoms with Crippen molar-refractivity contribution in [2.75, 3.05) is 29.8 Å². The van der Waals surface area contributed by atoms with Crippen molar-refractivity contribution in [1.29, 1.82) is 0 Å². The summed E-state index contributed by atoms with van der Waals surface area (Å²) in [5, 5.41) is 2.85. The third-order valence-electron chi connectivity index (χ3n) is 5.14. The molecule has 8 heteroatoms. The number of carbonyl (C=O) groups is 1. The molecule has 0 saturated heterocycles. The summed E-state index contributed by atoms with van der Waals surface area (Å²) in [5.74, 6) is 1.62. The lowest BCUT2D eigenvalue weighted by atomic mass is 10.1. The second kappa shape index (κ2) is 12.5. The van der Waals surface area contributed by atoms with Gasteiger partial charge in [0.1, 0.15) is 12.3 Å². The first-order chi connectivity index (χ1) is 16.4. The Kier molecular flexibility index (Phi) is 9.42. The lowest BCUT2D eigenvalue weighted by Crippen LogP contribution is -2.41. The van der Waals surface area contributed by atoms with Gasteiger partial charge in [-0.1, -0.05) is 54.6 Å². The number of thioether (sulfide) groups is 1. The molecule has 3 aromatic carbocycles. The van der Waals surface area contributed by atoms with Crippen LogP contribution in [0.3, 0.4) is 0 Å². The van der Waals surface area contributed by atoms with Crippen molar-refractivity contribution in [2.45, 2.75) is 24.5 Å². The van der Waals surface area contributed by atoms with Gasteiger partial charge in [-0.25, -0.2) is 8.42 Å². The quantitative estimate of drug-likeness (QED) is 0.368. The van der Waals surface area contributed by atoms with E-state index in [2.05, 4.69) is 24.4 Å². The van der Waals surface area contributed by atoms with Crippen LogP contribution in [-0.4, -0.2) is 39.8 Å². The van der Waals surface area contributed by atoms with Crippen LogP contribution in [0.1, 0.15) is 18.1 Å². The molecular formula is C26H30N2O4S2. The van der Waals surface area contributed by atoms with E-state index in [1.165, 1.54) is 23.3 Å². The van der Waals surface area contributed by atoms with E-state index in [-0.39, 0.29) is 17.3 Å². The summed E-state index contributed by atoms with van der Waals surface area (Å²) >= 11 is 1.72. The van der Waals surface area contributed by atoms with Gasteiger partial charge in [0, 0.05) is 18.1 Å². The maximum absolute atomic E-state index is 13.5. The number of sulfonamides is 1. The zero-order chi connectivity index (χ0) is 24.4. The van der Waals surface area contributed by atoms with Gasteiger partial charge in [0.15, 0.2) is 0 Å². The van der Waals surface area contributed by atoms with E-state index in [1.54, 1.807) is 54.2 Å². The molecule has 0 saturated carbocycles. The van der Waals surface area contributed by atoms with Crippen molar-refractivity contribution in [2.24, 2.45) is 0 Å². The first-order valence-corrected chi connectivity index (χ1v) is 13.7. The molecule has 0 aromatic heterocycles. The first-order valence-electron chi connectivity index (χ1n) is 11.1. The number of rotatable bonds is 12. The van der Waals surface area contributed by atoms with Crippen molar-refractivity contribution in [1.82, 2.24) is 5.32 Å². The maximum Gasteiger partial charge on any atom is 0.264 e. The van der Waals surface area contributed by atoms with Gasteiger partial charge in [-0.3, -0.25) is 9.10 Å². The molecule has 3 aromatic rings. The number of anilines is 1. The first kappa shape index (κ1) is 25.6. The number of benzene rings is 3. The summed E-state index contributed by atoms with van der Waals surface area (Å²) in [6.45, 7) is 4.39. The number of nitrogens with zero attached hydrogens (tertiary/aromatic N) is 1. The van der Waals surface area contributed by atoms with Crippen molar-refractivity contribution >= 4 is 33.4 Å². The van der Waals surface area contributed by atoms with Gasteiger partial charge in [0.25, 0.3) is 10.0 Å². The van der Waals surface area contributed by atoms with E-state index in [0.717, 1.165) is 15.8 Å². The number of para-hydroxylation sites is 2. The van der Waals surface area contributed by atoms with Crippen LogP contribution >= 0.6 is 11.8 Å². The van der Waals surface area contributed by atoms with E-state index in [0.29, 0.717) is 24.6 Å². The van der Waals surface area contributed by atoms with Crippen molar-refractivity contribution in [3.05, 3.63) is 90.0 Å². The number of ether oxygens (including phenoxy) is 1. The molecule has 0 spiro atoms. The van der Waals surface area contributed by atoms with E-state index < -0.39 is 10.0 Å². The Morgan fingerprint density at radius 1 is 0.971 bits per heavy atom. The van der Waals surface area contributed by atoms with Crippen LogP contribution in [0.5, 0.6) is 5.75 Å². The molecule has 1 amide bonds. The third-order valence-corrected chi connectivity index (χ3v) is 7.92. The van der Waals surface area contributed by atoms with Gasteiger partial charge >= 0.3 is 0 Å². The summed E-state index contributed by atoms with van der Waals surface area (Å²) in [4.78, 5) is 12.9. The molecule has 0 heterocycles. The fourth-order valence-corrected chi connectivity index (χ4v) is 5.75. The van der Waals surface area contributed by atoms with Crippen molar-refractivity contribution in [3.63, 3.8) is 0 Å². The Labute approximate surface area is 206 Å². The molecule has 0 bridgehead atoms. The van der Waals surface area contributed by atoms with Gasteiger partial charge < -0.3 is 10.1 Å². The Morgan fingerprint density at radius 2 is 1.65 bits per heavy atom. The summed E-state index contributed by atoms with van der Waals surface area (Å²) in [5.41, 5.74) is 2.84. The number of hydrogen-bond acceptors (Lipinski definition) is 5. The number of hydrogen-bond donors (Lipinski definition) is 1. The van der Waals surface area contributed by atoms with Crippen LogP contribution in [0.15, 0.2) is 83.8 Å². The minimum atomic E-state index is -3.98. The molecule has 34 heavy (non-hydrogen) atoms. The Morgan fingerprint density at radius 3 is 2.38 bits per heavy atom. The lowest BCUT2D eigenvalue weighted by molar-refractivity contribution is -0.119. The third kappa shape index (κ3) is 6.77. The zero-order valence-corrected chi connectivity index (χ0v) is 21.1. The van der Waals surface area contributed by atoms with Gasteiger partial charge in [0.2, 0.25) is 5.91 Å².